The maximum absolute atomic E-state index is 5.11. The van der Waals surface area contributed by atoms with Crippen molar-refractivity contribution in [1.82, 2.24) is 5.32 Å². The van der Waals surface area contributed by atoms with Gasteiger partial charge in [-0.3, -0.25) is 0 Å². The quantitative estimate of drug-likeness (QED) is 0.788. The van der Waals surface area contributed by atoms with Crippen LogP contribution in [0.3, 0.4) is 0 Å². The Kier molecular flexibility index (Phi) is 2.46. The van der Waals surface area contributed by atoms with Gasteiger partial charge in [0.2, 0.25) is 0 Å². The molecule has 0 amide bonds. The van der Waals surface area contributed by atoms with E-state index < -0.39 is 0 Å². The van der Waals surface area contributed by atoms with E-state index in [4.69, 9.17) is 4.74 Å². The topological polar surface area (TPSA) is 21.3 Å². The van der Waals surface area contributed by atoms with Gasteiger partial charge in [0.25, 0.3) is 0 Å². The zero-order chi connectivity index (χ0) is 10.0. The van der Waals surface area contributed by atoms with E-state index in [1.54, 1.807) is 7.11 Å². The van der Waals surface area contributed by atoms with Crippen molar-refractivity contribution in [2.24, 2.45) is 0 Å². The van der Waals surface area contributed by atoms with Gasteiger partial charge in [0.15, 0.2) is 0 Å². The molecule has 0 atom stereocenters. The number of hydrogen-bond donors (Lipinski definition) is 1. The molecular formula is C12H17NO. The van der Waals surface area contributed by atoms with Crippen molar-refractivity contribution < 1.29 is 4.74 Å². The van der Waals surface area contributed by atoms with Crippen molar-refractivity contribution >= 4 is 0 Å². The fourth-order valence-electron chi connectivity index (χ4n) is 1.42. The average molecular weight is 191 g/mol. The number of nitrogens with one attached hydrogen (secondary N) is 1. The first-order valence-electron chi connectivity index (χ1n) is 5.10. The van der Waals surface area contributed by atoms with Gasteiger partial charge < -0.3 is 10.1 Å². The average Bonchev–Trinajstić information content (AvgIpc) is 2.95. The molecule has 1 saturated carbocycles. The Bertz CT molecular complexity index is 301. The van der Waals surface area contributed by atoms with Gasteiger partial charge in [-0.25, -0.2) is 0 Å². The predicted octanol–water partition coefficient (Wildman–Crippen LogP) is 2.34. The SMILES string of the molecule is COc1ccc(CNC2(C)CC2)cc1. The van der Waals surface area contributed by atoms with Crippen LogP contribution in [0.15, 0.2) is 24.3 Å². The van der Waals surface area contributed by atoms with Crippen LogP contribution in [0.25, 0.3) is 0 Å². The number of benzene rings is 1. The molecular weight excluding hydrogens is 174 g/mol. The van der Waals surface area contributed by atoms with Crippen molar-refractivity contribution in [1.29, 1.82) is 0 Å². The standard InChI is InChI=1S/C12H17NO/c1-12(7-8-12)13-9-10-3-5-11(14-2)6-4-10/h3-6,13H,7-9H2,1-2H3. The second-order valence-electron chi connectivity index (χ2n) is 4.26. The first kappa shape index (κ1) is 9.53. The van der Waals surface area contributed by atoms with Crippen LogP contribution in [0, 0.1) is 0 Å². The Morgan fingerprint density at radius 1 is 1.29 bits per heavy atom. The third kappa shape index (κ3) is 2.26. The Morgan fingerprint density at radius 3 is 2.43 bits per heavy atom. The van der Waals surface area contributed by atoms with Crippen molar-refractivity contribution in [3.63, 3.8) is 0 Å². The van der Waals surface area contributed by atoms with Crippen molar-refractivity contribution in [3.05, 3.63) is 29.8 Å². The summed E-state index contributed by atoms with van der Waals surface area (Å²) in [5.74, 6) is 0.923. The summed E-state index contributed by atoms with van der Waals surface area (Å²) in [5, 5.41) is 3.55. The summed E-state index contributed by atoms with van der Waals surface area (Å²) >= 11 is 0. The van der Waals surface area contributed by atoms with Crippen LogP contribution in [0.1, 0.15) is 25.3 Å². The zero-order valence-electron chi connectivity index (χ0n) is 8.84. The molecule has 0 unspecified atom stereocenters. The largest absolute Gasteiger partial charge is 0.497 e. The normalized spacial score (nSPS) is 17.9. The summed E-state index contributed by atoms with van der Waals surface area (Å²) in [4.78, 5) is 0. The van der Waals surface area contributed by atoms with E-state index in [2.05, 4.69) is 24.4 Å². The molecule has 76 valence electrons. The third-order valence-corrected chi connectivity index (χ3v) is 2.88. The second kappa shape index (κ2) is 3.62. The van der Waals surface area contributed by atoms with Crippen LogP contribution in [-0.2, 0) is 6.54 Å². The van der Waals surface area contributed by atoms with Gasteiger partial charge in [0.05, 0.1) is 7.11 Å². The molecule has 2 rings (SSSR count). The van der Waals surface area contributed by atoms with Gasteiger partial charge in [-0.15, -0.1) is 0 Å². The molecule has 1 aromatic carbocycles. The van der Waals surface area contributed by atoms with Crippen molar-refractivity contribution in [2.45, 2.75) is 31.8 Å². The highest BCUT2D eigenvalue weighted by Crippen LogP contribution is 2.34. The van der Waals surface area contributed by atoms with Crippen LogP contribution in [-0.4, -0.2) is 12.6 Å². The molecule has 1 aliphatic carbocycles. The summed E-state index contributed by atoms with van der Waals surface area (Å²) in [6, 6.07) is 8.23. The Morgan fingerprint density at radius 2 is 1.93 bits per heavy atom. The smallest absolute Gasteiger partial charge is 0.118 e. The molecule has 0 saturated heterocycles. The van der Waals surface area contributed by atoms with Gasteiger partial charge in [-0.1, -0.05) is 12.1 Å². The highest BCUT2D eigenvalue weighted by Gasteiger charge is 2.36. The molecule has 0 heterocycles. The minimum absolute atomic E-state index is 0.417. The van der Waals surface area contributed by atoms with Gasteiger partial charge in [-0.2, -0.15) is 0 Å². The highest BCUT2D eigenvalue weighted by atomic mass is 16.5. The molecule has 1 fully saturated rings. The molecule has 0 aromatic heterocycles. The maximum Gasteiger partial charge on any atom is 0.118 e. The minimum atomic E-state index is 0.417. The van der Waals surface area contributed by atoms with E-state index in [-0.39, 0.29) is 0 Å². The lowest BCUT2D eigenvalue weighted by Crippen LogP contribution is -2.26. The number of methoxy groups -OCH3 is 1. The first-order valence-corrected chi connectivity index (χ1v) is 5.10. The van der Waals surface area contributed by atoms with E-state index in [0.29, 0.717) is 5.54 Å². The number of ether oxygens (including phenoxy) is 1. The van der Waals surface area contributed by atoms with Crippen LogP contribution in [0.2, 0.25) is 0 Å². The molecule has 0 aliphatic heterocycles. The summed E-state index contributed by atoms with van der Waals surface area (Å²) in [7, 11) is 1.69. The predicted molar refractivity (Wildman–Crippen MR) is 57.5 cm³/mol. The van der Waals surface area contributed by atoms with Crippen molar-refractivity contribution in [3.8, 4) is 5.75 Å². The van der Waals surface area contributed by atoms with Crippen molar-refractivity contribution in [2.75, 3.05) is 7.11 Å². The summed E-state index contributed by atoms with van der Waals surface area (Å²) in [6.45, 7) is 3.23. The minimum Gasteiger partial charge on any atom is -0.497 e. The summed E-state index contributed by atoms with van der Waals surface area (Å²) in [6.07, 6.45) is 2.62. The Hall–Kier alpha value is -1.02. The molecule has 1 aromatic rings. The lowest BCUT2D eigenvalue weighted by atomic mass is 10.2. The molecule has 1 aliphatic rings. The monoisotopic (exact) mass is 191 g/mol. The fraction of sp³-hybridized carbons (Fsp3) is 0.500. The van der Waals surface area contributed by atoms with Gasteiger partial charge in [0, 0.05) is 12.1 Å². The van der Waals surface area contributed by atoms with E-state index in [9.17, 15) is 0 Å². The number of hydrogen-bond acceptors (Lipinski definition) is 2. The fourth-order valence-corrected chi connectivity index (χ4v) is 1.42. The Balaban J connectivity index is 1.89. The lowest BCUT2D eigenvalue weighted by Gasteiger charge is -2.11. The van der Waals surface area contributed by atoms with Crippen LogP contribution in [0.5, 0.6) is 5.75 Å². The molecule has 2 nitrogen and oxygen atoms in total. The van der Waals surface area contributed by atoms with Crippen LogP contribution < -0.4 is 10.1 Å². The van der Waals surface area contributed by atoms with Gasteiger partial charge in [-0.05, 0) is 37.5 Å². The molecule has 1 N–H and O–H groups in total. The summed E-state index contributed by atoms with van der Waals surface area (Å²) < 4.78 is 5.11. The number of rotatable bonds is 4. The first-order chi connectivity index (χ1) is 6.72. The molecule has 0 spiro atoms. The van der Waals surface area contributed by atoms with Gasteiger partial charge in [0.1, 0.15) is 5.75 Å². The Labute approximate surface area is 85.3 Å². The second-order valence-corrected chi connectivity index (χ2v) is 4.26. The third-order valence-electron chi connectivity index (χ3n) is 2.88. The van der Waals surface area contributed by atoms with Crippen LogP contribution >= 0.6 is 0 Å². The zero-order valence-corrected chi connectivity index (χ0v) is 8.84. The van der Waals surface area contributed by atoms with E-state index >= 15 is 0 Å². The van der Waals surface area contributed by atoms with Gasteiger partial charge >= 0.3 is 0 Å². The van der Waals surface area contributed by atoms with E-state index in [0.717, 1.165) is 12.3 Å². The molecule has 14 heavy (non-hydrogen) atoms. The molecule has 2 heteroatoms. The summed E-state index contributed by atoms with van der Waals surface area (Å²) in [5.41, 5.74) is 1.74. The van der Waals surface area contributed by atoms with E-state index in [1.165, 1.54) is 18.4 Å². The van der Waals surface area contributed by atoms with Crippen LogP contribution in [0.4, 0.5) is 0 Å². The molecule has 0 radical (unpaired) electrons. The van der Waals surface area contributed by atoms with E-state index in [1.807, 2.05) is 12.1 Å². The highest BCUT2D eigenvalue weighted by molar-refractivity contribution is 5.27. The maximum atomic E-state index is 5.11. The molecule has 0 bridgehead atoms. The lowest BCUT2D eigenvalue weighted by molar-refractivity contribution is 0.414.